The first kappa shape index (κ1) is 13.3. The highest BCUT2D eigenvalue weighted by molar-refractivity contribution is 9.10. The molecule has 0 aromatic heterocycles. The quantitative estimate of drug-likeness (QED) is 0.866. The van der Waals surface area contributed by atoms with Crippen molar-refractivity contribution in [3.8, 4) is 0 Å². The number of nitrogens with zero attached hydrogens (tertiary/aromatic N) is 1. The molecule has 0 atom stereocenters. The van der Waals surface area contributed by atoms with Gasteiger partial charge in [0, 0.05) is 17.6 Å². The highest BCUT2D eigenvalue weighted by atomic mass is 79.9. The minimum absolute atomic E-state index is 0.258. The average Bonchev–Trinajstić information content (AvgIpc) is 2.57. The van der Waals surface area contributed by atoms with Crippen molar-refractivity contribution in [2.45, 2.75) is 0 Å². The molecule has 1 aliphatic heterocycles. The topological polar surface area (TPSA) is 63.4 Å². The van der Waals surface area contributed by atoms with E-state index in [1.807, 2.05) is 24.3 Å². The molecule has 4 nitrogen and oxygen atoms in total. The first-order valence-electron chi connectivity index (χ1n) is 5.33. The second-order valence-corrected chi connectivity index (χ2v) is 5.59. The Bertz CT molecular complexity index is 531. The molecule has 0 spiro atoms. The zero-order chi connectivity index (χ0) is 13.1. The van der Waals surface area contributed by atoms with E-state index in [9.17, 15) is 9.59 Å². The molecule has 1 aromatic carbocycles. The summed E-state index contributed by atoms with van der Waals surface area (Å²) in [6.45, 7) is 0.544. The lowest BCUT2D eigenvalue weighted by Gasteiger charge is -2.09. The molecule has 1 fully saturated rings. The number of hydrogen-bond acceptors (Lipinski definition) is 4. The number of carbonyl (C=O) groups excluding carboxylic acids is 2. The van der Waals surface area contributed by atoms with E-state index in [2.05, 4.69) is 15.9 Å². The van der Waals surface area contributed by atoms with Gasteiger partial charge in [0.25, 0.3) is 11.1 Å². The number of halogens is 1. The van der Waals surface area contributed by atoms with E-state index >= 15 is 0 Å². The molecule has 0 unspecified atom stereocenters. The summed E-state index contributed by atoms with van der Waals surface area (Å²) in [5, 5.41) is -0.258. The molecule has 0 saturated carbocycles. The fraction of sp³-hybridized carbons (Fsp3) is 0.167. The Morgan fingerprint density at radius 2 is 2.17 bits per heavy atom. The van der Waals surface area contributed by atoms with Crippen molar-refractivity contribution >= 4 is 44.9 Å². The van der Waals surface area contributed by atoms with Crippen LogP contribution in [0.4, 0.5) is 4.79 Å². The number of rotatable bonds is 3. The average molecular weight is 327 g/mol. The summed E-state index contributed by atoms with van der Waals surface area (Å²) in [4.78, 5) is 25.2. The Kier molecular flexibility index (Phi) is 4.21. The van der Waals surface area contributed by atoms with Crippen molar-refractivity contribution in [3.63, 3.8) is 0 Å². The van der Waals surface area contributed by atoms with E-state index in [0.717, 1.165) is 21.8 Å². The van der Waals surface area contributed by atoms with Gasteiger partial charge in [0.15, 0.2) is 0 Å². The number of benzene rings is 1. The number of amides is 2. The highest BCUT2D eigenvalue weighted by Crippen LogP contribution is 2.32. The SMILES string of the molecule is NCCN1C(=O)S/C(=C/c2cccc(Br)c2)C1=O. The molecule has 6 heteroatoms. The predicted octanol–water partition coefficient (Wildman–Crippen LogP) is 2.44. The molecule has 1 aliphatic rings. The van der Waals surface area contributed by atoms with Crippen molar-refractivity contribution in [1.29, 1.82) is 0 Å². The number of imide groups is 1. The van der Waals surface area contributed by atoms with E-state index in [4.69, 9.17) is 5.73 Å². The van der Waals surface area contributed by atoms with Crippen LogP contribution in [0.15, 0.2) is 33.6 Å². The Labute approximate surface area is 117 Å². The summed E-state index contributed by atoms with van der Waals surface area (Å²) in [6.07, 6.45) is 1.71. The van der Waals surface area contributed by atoms with E-state index in [1.165, 1.54) is 4.90 Å². The van der Waals surface area contributed by atoms with Crippen LogP contribution in [0.1, 0.15) is 5.56 Å². The summed E-state index contributed by atoms with van der Waals surface area (Å²) >= 11 is 4.31. The molecule has 94 valence electrons. The maximum atomic E-state index is 11.9. The first-order valence-corrected chi connectivity index (χ1v) is 6.94. The normalized spacial score (nSPS) is 17.9. The third-order valence-corrected chi connectivity index (χ3v) is 3.77. The Hall–Kier alpha value is -1.11. The van der Waals surface area contributed by atoms with Gasteiger partial charge in [-0.05, 0) is 35.5 Å². The first-order chi connectivity index (χ1) is 8.61. The number of thioether (sulfide) groups is 1. The fourth-order valence-corrected chi connectivity index (χ4v) is 2.85. The molecule has 1 heterocycles. The molecule has 1 saturated heterocycles. The van der Waals surface area contributed by atoms with Gasteiger partial charge in [0.1, 0.15) is 0 Å². The maximum absolute atomic E-state index is 11.9. The van der Waals surface area contributed by atoms with E-state index < -0.39 is 0 Å². The van der Waals surface area contributed by atoms with Gasteiger partial charge in [0.05, 0.1) is 4.91 Å². The van der Waals surface area contributed by atoms with Gasteiger partial charge < -0.3 is 5.73 Å². The van der Waals surface area contributed by atoms with Crippen molar-refractivity contribution in [2.24, 2.45) is 5.73 Å². The second-order valence-electron chi connectivity index (χ2n) is 3.68. The van der Waals surface area contributed by atoms with Crippen molar-refractivity contribution in [1.82, 2.24) is 4.90 Å². The van der Waals surface area contributed by atoms with Crippen LogP contribution in [0.25, 0.3) is 6.08 Å². The lowest BCUT2D eigenvalue weighted by Crippen LogP contribution is -2.33. The Morgan fingerprint density at radius 1 is 1.39 bits per heavy atom. The van der Waals surface area contributed by atoms with Gasteiger partial charge in [-0.25, -0.2) is 0 Å². The van der Waals surface area contributed by atoms with E-state index in [1.54, 1.807) is 6.08 Å². The Morgan fingerprint density at radius 3 is 2.83 bits per heavy atom. The third-order valence-electron chi connectivity index (χ3n) is 2.37. The summed E-state index contributed by atoms with van der Waals surface area (Å²) < 4.78 is 0.928. The van der Waals surface area contributed by atoms with Gasteiger partial charge >= 0.3 is 0 Å². The van der Waals surface area contributed by atoms with Crippen LogP contribution in [0, 0.1) is 0 Å². The van der Waals surface area contributed by atoms with Gasteiger partial charge in [-0.15, -0.1) is 0 Å². The monoisotopic (exact) mass is 326 g/mol. The Balaban J connectivity index is 2.25. The molecule has 0 radical (unpaired) electrons. The maximum Gasteiger partial charge on any atom is 0.293 e. The summed E-state index contributed by atoms with van der Waals surface area (Å²) in [5.41, 5.74) is 6.25. The highest BCUT2D eigenvalue weighted by Gasteiger charge is 2.34. The minimum Gasteiger partial charge on any atom is -0.329 e. The largest absolute Gasteiger partial charge is 0.329 e. The summed E-state index contributed by atoms with van der Waals surface area (Å²) in [6, 6.07) is 7.54. The van der Waals surface area contributed by atoms with Crippen LogP contribution in [0.5, 0.6) is 0 Å². The van der Waals surface area contributed by atoms with Crippen molar-refractivity contribution in [2.75, 3.05) is 13.1 Å². The lowest BCUT2D eigenvalue weighted by atomic mass is 10.2. The third kappa shape index (κ3) is 2.82. The van der Waals surface area contributed by atoms with Gasteiger partial charge in [-0.1, -0.05) is 28.1 Å². The number of carbonyl (C=O) groups is 2. The standard InChI is InChI=1S/C12H11BrN2O2S/c13-9-3-1-2-8(6-9)7-10-11(16)15(5-4-14)12(17)18-10/h1-3,6-7H,4-5,14H2/b10-7+. The molecule has 0 aliphatic carbocycles. The molecule has 1 aromatic rings. The molecular formula is C12H11BrN2O2S. The van der Waals surface area contributed by atoms with Crippen LogP contribution < -0.4 is 5.73 Å². The van der Waals surface area contributed by atoms with Crippen LogP contribution >= 0.6 is 27.7 Å². The van der Waals surface area contributed by atoms with Gasteiger partial charge in [-0.3, -0.25) is 14.5 Å². The lowest BCUT2D eigenvalue weighted by molar-refractivity contribution is -0.122. The predicted molar refractivity (Wildman–Crippen MR) is 75.9 cm³/mol. The van der Waals surface area contributed by atoms with Gasteiger partial charge in [0.2, 0.25) is 0 Å². The number of hydrogen-bond donors (Lipinski definition) is 1. The second kappa shape index (κ2) is 5.69. The number of nitrogens with two attached hydrogens (primary N) is 1. The van der Waals surface area contributed by atoms with Crippen LogP contribution in [-0.2, 0) is 4.79 Å². The minimum atomic E-state index is -0.268. The zero-order valence-corrected chi connectivity index (χ0v) is 11.8. The summed E-state index contributed by atoms with van der Waals surface area (Å²) in [5.74, 6) is -0.268. The molecule has 0 bridgehead atoms. The van der Waals surface area contributed by atoms with Crippen LogP contribution in [0.2, 0.25) is 0 Å². The van der Waals surface area contributed by atoms with E-state index in [0.29, 0.717) is 4.91 Å². The zero-order valence-electron chi connectivity index (χ0n) is 9.43. The van der Waals surface area contributed by atoms with Gasteiger partial charge in [-0.2, -0.15) is 0 Å². The van der Waals surface area contributed by atoms with Crippen LogP contribution in [-0.4, -0.2) is 29.1 Å². The van der Waals surface area contributed by atoms with Crippen molar-refractivity contribution in [3.05, 3.63) is 39.2 Å². The smallest absolute Gasteiger partial charge is 0.293 e. The fourth-order valence-electron chi connectivity index (χ4n) is 1.57. The van der Waals surface area contributed by atoms with E-state index in [-0.39, 0.29) is 24.2 Å². The summed E-state index contributed by atoms with van der Waals surface area (Å²) in [7, 11) is 0. The molecule has 2 N–H and O–H groups in total. The molecule has 2 rings (SSSR count). The van der Waals surface area contributed by atoms with Crippen LogP contribution in [0.3, 0.4) is 0 Å². The molecular weight excluding hydrogens is 316 g/mol. The molecule has 2 amide bonds. The van der Waals surface area contributed by atoms with Crippen molar-refractivity contribution < 1.29 is 9.59 Å². The molecule has 18 heavy (non-hydrogen) atoms.